The maximum Gasteiger partial charge on any atom is 0.257 e. The Kier molecular flexibility index (Phi) is 4.67. The van der Waals surface area contributed by atoms with Crippen LogP contribution in [0, 0.1) is 19.3 Å². The molecule has 1 aromatic heterocycles. The summed E-state index contributed by atoms with van der Waals surface area (Å²) in [6.45, 7) is 6.10. The fourth-order valence-electron chi connectivity index (χ4n) is 4.15. The van der Waals surface area contributed by atoms with Gasteiger partial charge >= 0.3 is 0 Å². The summed E-state index contributed by atoms with van der Waals surface area (Å²) in [4.78, 5) is 28.6. The third-order valence-electron chi connectivity index (χ3n) is 5.34. The van der Waals surface area contributed by atoms with Crippen molar-refractivity contribution in [3.05, 3.63) is 23.2 Å². The minimum atomic E-state index is -0.0380. The van der Waals surface area contributed by atoms with E-state index >= 15 is 0 Å². The first-order valence-electron chi connectivity index (χ1n) is 8.69. The van der Waals surface area contributed by atoms with Gasteiger partial charge in [0, 0.05) is 38.0 Å². The largest absolute Gasteiger partial charge is 0.466 e. The van der Waals surface area contributed by atoms with Crippen LogP contribution in [0.15, 0.2) is 10.5 Å². The second-order valence-electron chi connectivity index (χ2n) is 7.20. The van der Waals surface area contributed by atoms with E-state index in [-0.39, 0.29) is 23.8 Å². The summed E-state index contributed by atoms with van der Waals surface area (Å²) < 4.78 is 5.50. The van der Waals surface area contributed by atoms with Gasteiger partial charge in [-0.15, -0.1) is 0 Å². The number of aliphatic hydroxyl groups is 1. The SMILES string of the molecule is Cc1cc(C(=O)N2CCC[C@@]3(CCC(=O)N(CCO)C3)C2)c(C)o1. The molecule has 6 nitrogen and oxygen atoms in total. The van der Waals surface area contributed by atoms with Crippen LogP contribution in [-0.2, 0) is 4.79 Å². The van der Waals surface area contributed by atoms with Gasteiger partial charge in [-0.25, -0.2) is 0 Å². The predicted molar refractivity (Wildman–Crippen MR) is 88.7 cm³/mol. The van der Waals surface area contributed by atoms with E-state index in [4.69, 9.17) is 4.42 Å². The van der Waals surface area contributed by atoms with Gasteiger partial charge in [-0.05, 0) is 39.2 Å². The van der Waals surface area contributed by atoms with Gasteiger partial charge in [-0.1, -0.05) is 0 Å². The molecule has 0 radical (unpaired) electrons. The van der Waals surface area contributed by atoms with Gasteiger partial charge in [0.1, 0.15) is 11.5 Å². The summed E-state index contributed by atoms with van der Waals surface area (Å²) in [5.74, 6) is 1.55. The van der Waals surface area contributed by atoms with E-state index in [9.17, 15) is 14.7 Å². The number of carbonyl (C=O) groups excluding carboxylic acids is 2. The summed E-state index contributed by atoms with van der Waals surface area (Å²) in [5.41, 5.74) is 0.604. The third-order valence-corrected chi connectivity index (χ3v) is 5.34. The van der Waals surface area contributed by atoms with Crippen molar-refractivity contribution in [2.45, 2.75) is 39.5 Å². The van der Waals surface area contributed by atoms with Crippen LogP contribution in [0.5, 0.6) is 0 Å². The number of aliphatic hydroxyl groups excluding tert-OH is 1. The minimum Gasteiger partial charge on any atom is -0.466 e. The zero-order valence-corrected chi connectivity index (χ0v) is 14.5. The van der Waals surface area contributed by atoms with E-state index < -0.39 is 0 Å². The van der Waals surface area contributed by atoms with Crippen LogP contribution in [0.2, 0.25) is 0 Å². The molecule has 2 saturated heterocycles. The number of piperidine rings is 2. The molecule has 1 aromatic rings. The molecule has 0 bridgehead atoms. The molecule has 1 atom stereocenters. The van der Waals surface area contributed by atoms with Crippen molar-refractivity contribution in [1.82, 2.24) is 9.80 Å². The second kappa shape index (κ2) is 6.59. The average molecular weight is 334 g/mol. The Hall–Kier alpha value is -1.82. The quantitative estimate of drug-likeness (QED) is 0.914. The Morgan fingerprint density at radius 2 is 2.12 bits per heavy atom. The molecule has 2 amide bonds. The number of hydrogen-bond donors (Lipinski definition) is 1. The van der Waals surface area contributed by atoms with Gasteiger partial charge in [0.15, 0.2) is 0 Å². The number of hydrogen-bond acceptors (Lipinski definition) is 4. The number of amides is 2. The van der Waals surface area contributed by atoms with Crippen LogP contribution in [0.4, 0.5) is 0 Å². The summed E-state index contributed by atoms with van der Waals surface area (Å²) in [6.07, 6.45) is 3.30. The highest BCUT2D eigenvalue weighted by Gasteiger charge is 2.42. The minimum absolute atomic E-state index is 0.0159. The van der Waals surface area contributed by atoms with E-state index in [1.165, 1.54) is 0 Å². The first-order valence-corrected chi connectivity index (χ1v) is 8.69. The van der Waals surface area contributed by atoms with Crippen molar-refractivity contribution in [3.8, 4) is 0 Å². The van der Waals surface area contributed by atoms with Crippen molar-refractivity contribution in [2.24, 2.45) is 5.41 Å². The number of carbonyl (C=O) groups is 2. The molecule has 0 aliphatic carbocycles. The Labute approximate surface area is 142 Å². The van der Waals surface area contributed by atoms with Crippen molar-refractivity contribution in [3.63, 3.8) is 0 Å². The molecular formula is C18H26N2O4. The van der Waals surface area contributed by atoms with Gasteiger partial charge in [0.2, 0.25) is 5.91 Å². The summed E-state index contributed by atoms with van der Waals surface area (Å²) in [6, 6.07) is 1.81. The van der Waals surface area contributed by atoms with Gasteiger partial charge in [0.25, 0.3) is 5.91 Å². The van der Waals surface area contributed by atoms with Crippen molar-refractivity contribution >= 4 is 11.8 Å². The van der Waals surface area contributed by atoms with E-state index in [1.807, 2.05) is 18.7 Å². The van der Waals surface area contributed by atoms with Crippen LogP contribution in [-0.4, -0.2) is 59.5 Å². The number of β-amino-alcohol motifs (C(OH)–C–C–N with tert-alkyl or cyclic N) is 1. The number of aryl methyl sites for hydroxylation is 2. The summed E-state index contributed by atoms with van der Waals surface area (Å²) >= 11 is 0. The molecule has 1 spiro atoms. The fourth-order valence-corrected chi connectivity index (χ4v) is 4.15. The molecule has 2 aliphatic heterocycles. The Bertz CT molecular complexity index is 639. The first-order chi connectivity index (χ1) is 11.4. The number of furan rings is 1. The fraction of sp³-hybridized carbons (Fsp3) is 0.667. The number of nitrogens with zero attached hydrogens (tertiary/aromatic N) is 2. The molecule has 2 aliphatic rings. The zero-order valence-electron chi connectivity index (χ0n) is 14.5. The lowest BCUT2D eigenvalue weighted by Crippen LogP contribution is -2.55. The molecule has 2 fully saturated rings. The van der Waals surface area contributed by atoms with Gasteiger partial charge < -0.3 is 19.3 Å². The molecule has 0 unspecified atom stereocenters. The molecule has 24 heavy (non-hydrogen) atoms. The lowest BCUT2D eigenvalue weighted by molar-refractivity contribution is -0.139. The van der Waals surface area contributed by atoms with Crippen LogP contribution in [0.1, 0.15) is 47.6 Å². The third kappa shape index (κ3) is 3.20. The van der Waals surface area contributed by atoms with Crippen LogP contribution in [0.3, 0.4) is 0 Å². The Balaban J connectivity index is 1.75. The standard InChI is InChI=1S/C18H26N2O4/c1-13-10-15(14(2)24-13)17(23)20-7-3-5-18(12-20)6-4-16(22)19(11-18)8-9-21/h10,21H,3-9,11-12H2,1-2H3/t18-/m0/s1. The highest BCUT2D eigenvalue weighted by Crippen LogP contribution is 2.39. The lowest BCUT2D eigenvalue weighted by atomic mass is 9.73. The smallest absolute Gasteiger partial charge is 0.257 e. The first kappa shape index (κ1) is 17.0. The van der Waals surface area contributed by atoms with Gasteiger partial charge in [-0.3, -0.25) is 9.59 Å². The zero-order chi connectivity index (χ0) is 17.3. The van der Waals surface area contributed by atoms with Crippen LogP contribution >= 0.6 is 0 Å². The van der Waals surface area contributed by atoms with E-state index in [1.54, 1.807) is 11.0 Å². The van der Waals surface area contributed by atoms with E-state index in [2.05, 4.69) is 0 Å². The van der Waals surface area contributed by atoms with Crippen molar-refractivity contribution in [2.75, 3.05) is 32.8 Å². The Morgan fingerprint density at radius 1 is 1.33 bits per heavy atom. The van der Waals surface area contributed by atoms with Gasteiger partial charge in [-0.2, -0.15) is 0 Å². The lowest BCUT2D eigenvalue weighted by Gasteiger charge is -2.48. The molecule has 132 valence electrons. The van der Waals surface area contributed by atoms with E-state index in [0.29, 0.717) is 37.4 Å². The van der Waals surface area contributed by atoms with Crippen molar-refractivity contribution in [1.29, 1.82) is 0 Å². The molecule has 3 heterocycles. The highest BCUT2D eigenvalue weighted by molar-refractivity contribution is 5.95. The molecular weight excluding hydrogens is 308 g/mol. The number of likely N-dealkylation sites (tertiary alicyclic amines) is 2. The molecule has 3 rings (SSSR count). The maximum absolute atomic E-state index is 12.9. The summed E-state index contributed by atoms with van der Waals surface area (Å²) in [5, 5.41) is 9.18. The molecule has 6 heteroatoms. The molecule has 0 aromatic carbocycles. The highest BCUT2D eigenvalue weighted by atomic mass is 16.3. The van der Waals surface area contributed by atoms with Crippen LogP contribution in [0.25, 0.3) is 0 Å². The normalized spacial score (nSPS) is 24.7. The van der Waals surface area contributed by atoms with Crippen molar-refractivity contribution < 1.29 is 19.1 Å². The number of rotatable bonds is 3. The topological polar surface area (TPSA) is 74.0 Å². The average Bonchev–Trinajstić information content (AvgIpc) is 2.89. The molecule has 0 saturated carbocycles. The maximum atomic E-state index is 12.9. The van der Waals surface area contributed by atoms with Crippen LogP contribution < -0.4 is 0 Å². The van der Waals surface area contributed by atoms with Gasteiger partial charge in [0.05, 0.1) is 12.2 Å². The predicted octanol–water partition coefficient (Wildman–Crippen LogP) is 1.73. The monoisotopic (exact) mass is 334 g/mol. The summed E-state index contributed by atoms with van der Waals surface area (Å²) in [7, 11) is 0. The van der Waals surface area contributed by atoms with E-state index in [0.717, 1.165) is 31.6 Å². The Morgan fingerprint density at radius 3 is 2.79 bits per heavy atom. The molecule has 1 N–H and O–H groups in total. The second-order valence-corrected chi connectivity index (χ2v) is 7.20.